The van der Waals surface area contributed by atoms with E-state index in [-0.39, 0.29) is 54.8 Å². The topological polar surface area (TPSA) is 113 Å². The van der Waals surface area contributed by atoms with E-state index >= 15 is 0 Å². The van der Waals surface area contributed by atoms with Crippen molar-refractivity contribution in [1.82, 2.24) is 14.9 Å². The summed E-state index contributed by atoms with van der Waals surface area (Å²) in [7, 11) is 0. The van der Waals surface area contributed by atoms with Crippen molar-refractivity contribution in [3.63, 3.8) is 0 Å². The van der Waals surface area contributed by atoms with E-state index in [0.717, 1.165) is 11.1 Å². The van der Waals surface area contributed by atoms with Crippen LogP contribution < -0.4 is 27.2 Å². The van der Waals surface area contributed by atoms with Crippen LogP contribution in [-0.2, 0) is 11.3 Å². The minimum Gasteiger partial charge on any atom is -0.383 e. The average Bonchev–Trinajstić information content (AvgIpc) is 2.81. The number of aromatic amines is 1. The zero-order valence-electron chi connectivity index (χ0n) is 19.5. The summed E-state index contributed by atoms with van der Waals surface area (Å²) in [5, 5.41) is 3.21. The molecule has 0 spiro atoms. The average molecular weight is 468 g/mol. The number of nitrogens with two attached hydrogens (primary N) is 1. The first-order valence-electron chi connectivity index (χ1n) is 11.2. The third kappa shape index (κ3) is 5.60. The number of carbonyl (C=O) groups excluding carboxylic acids is 1. The summed E-state index contributed by atoms with van der Waals surface area (Å²) in [6.07, 6.45) is 0. The van der Waals surface area contributed by atoms with Gasteiger partial charge < -0.3 is 16.0 Å². The molecular weight excluding hydrogens is 437 g/mol. The number of amides is 1. The minimum atomic E-state index is -0.721. The molecule has 4 N–H and O–H groups in total. The van der Waals surface area contributed by atoms with Crippen LogP contribution in [-0.4, -0.2) is 28.5 Å². The van der Waals surface area contributed by atoms with Gasteiger partial charge in [0.2, 0.25) is 5.91 Å². The molecule has 180 valence electrons. The standard InChI is InChI=1S/C25H30FN5O3/c1-4-30(20(32)14-28-21(16(2)3)18-10-12-19(26)13-11-18)22-23(27)31(25(34)29-24(22)33)15-17-8-6-5-7-9-17/h5-13,16,21,28H,4,14-15,27H2,1-3H3,(H,29,33,34). The van der Waals surface area contributed by atoms with Crippen LogP contribution in [0.2, 0.25) is 0 Å². The number of hydrogen-bond acceptors (Lipinski definition) is 5. The molecule has 0 saturated carbocycles. The van der Waals surface area contributed by atoms with Crippen molar-refractivity contribution in [3.8, 4) is 0 Å². The van der Waals surface area contributed by atoms with Crippen LogP contribution in [0.3, 0.4) is 0 Å². The highest BCUT2D eigenvalue weighted by Crippen LogP contribution is 2.22. The van der Waals surface area contributed by atoms with Gasteiger partial charge in [-0.05, 0) is 36.1 Å². The van der Waals surface area contributed by atoms with E-state index in [2.05, 4.69) is 10.3 Å². The summed E-state index contributed by atoms with van der Waals surface area (Å²) in [6, 6.07) is 15.1. The molecule has 3 aromatic rings. The lowest BCUT2D eigenvalue weighted by Gasteiger charge is -2.26. The number of rotatable bonds is 9. The predicted molar refractivity (Wildman–Crippen MR) is 131 cm³/mol. The second-order valence-electron chi connectivity index (χ2n) is 8.36. The number of aromatic nitrogens is 2. The van der Waals surface area contributed by atoms with Gasteiger partial charge in [-0.1, -0.05) is 56.3 Å². The third-order valence-corrected chi connectivity index (χ3v) is 5.65. The summed E-state index contributed by atoms with van der Waals surface area (Å²) in [5.74, 6) is -0.668. The molecule has 3 rings (SSSR count). The Labute approximate surface area is 197 Å². The van der Waals surface area contributed by atoms with Gasteiger partial charge in [0, 0.05) is 12.6 Å². The van der Waals surface area contributed by atoms with Crippen LogP contribution in [0.25, 0.3) is 0 Å². The molecule has 34 heavy (non-hydrogen) atoms. The van der Waals surface area contributed by atoms with Gasteiger partial charge in [-0.25, -0.2) is 9.18 Å². The zero-order chi connectivity index (χ0) is 24.8. The number of H-pyrrole nitrogens is 1. The van der Waals surface area contributed by atoms with E-state index in [4.69, 9.17) is 5.73 Å². The maximum Gasteiger partial charge on any atom is 0.330 e. The Bertz CT molecular complexity index is 1240. The first-order chi connectivity index (χ1) is 16.2. The Morgan fingerprint density at radius 2 is 1.76 bits per heavy atom. The Hall–Kier alpha value is -3.72. The highest BCUT2D eigenvalue weighted by molar-refractivity contribution is 5.96. The lowest BCUT2D eigenvalue weighted by atomic mass is 9.96. The normalized spacial score (nSPS) is 12.0. The van der Waals surface area contributed by atoms with Gasteiger partial charge in [0.05, 0.1) is 13.1 Å². The first kappa shape index (κ1) is 24.9. The summed E-state index contributed by atoms with van der Waals surface area (Å²) < 4.78 is 14.6. The second-order valence-corrected chi connectivity index (χ2v) is 8.36. The lowest BCUT2D eigenvalue weighted by molar-refractivity contribution is -0.118. The van der Waals surface area contributed by atoms with E-state index in [1.807, 2.05) is 44.2 Å². The maximum absolute atomic E-state index is 13.3. The van der Waals surface area contributed by atoms with Gasteiger partial charge in [-0.2, -0.15) is 0 Å². The molecule has 1 unspecified atom stereocenters. The number of nitrogens with one attached hydrogen (secondary N) is 2. The fraction of sp³-hybridized carbons (Fsp3) is 0.320. The Kier molecular flexibility index (Phi) is 8.01. The molecule has 0 fully saturated rings. The molecule has 0 radical (unpaired) electrons. The van der Waals surface area contributed by atoms with E-state index in [1.54, 1.807) is 19.1 Å². The van der Waals surface area contributed by atoms with Gasteiger partial charge in [0.1, 0.15) is 11.6 Å². The van der Waals surface area contributed by atoms with Crippen molar-refractivity contribution in [2.45, 2.75) is 33.4 Å². The summed E-state index contributed by atoms with van der Waals surface area (Å²) in [4.78, 5) is 41.8. The van der Waals surface area contributed by atoms with Crippen molar-refractivity contribution in [2.24, 2.45) is 5.92 Å². The fourth-order valence-electron chi connectivity index (χ4n) is 3.92. The summed E-state index contributed by atoms with van der Waals surface area (Å²) in [5.41, 5.74) is 6.49. The molecular formula is C25H30FN5O3. The molecule has 1 amide bonds. The Balaban J connectivity index is 1.86. The third-order valence-electron chi connectivity index (χ3n) is 5.65. The molecule has 9 heteroatoms. The number of nitrogens with zero attached hydrogens (tertiary/aromatic N) is 2. The van der Waals surface area contributed by atoms with Crippen LogP contribution in [0.15, 0.2) is 64.2 Å². The quantitative estimate of drug-likeness (QED) is 0.448. The molecule has 1 heterocycles. The molecule has 0 saturated heterocycles. The number of anilines is 2. The molecule has 1 atom stereocenters. The van der Waals surface area contributed by atoms with Crippen molar-refractivity contribution < 1.29 is 9.18 Å². The molecule has 0 aliphatic heterocycles. The highest BCUT2D eigenvalue weighted by atomic mass is 19.1. The Morgan fingerprint density at radius 1 is 1.12 bits per heavy atom. The highest BCUT2D eigenvalue weighted by Gasteiger charge is 2.24. The van der Waals surface area contributed by atoms with E-state index < -0.39 is 11.2 Å². The number of nitrogen functional groups attached to an aromatic ring is 1. The van der Waals surface area contributed by atoms with Gasteiger partial charge in [-0.15, -0.1) is 0 Å². The molecule has 0 bridgehead atoms. The van der Waals surface area contributed by atoms with E-state index in [0.29, 0.717) is 0 Å². The lowest BCUT2D eigenvalue weighted by Crippen LogP contribution is -2.45. The largest absolute Gasteiger partial charge is 0.383 e. The summed E-state index contributed by atoms with van der Waals surface area (Å²) >= 11 is 0. The number of halogens is 1. The monoisotopic (exact) mass is 467 g/mol. The fourth-order valence-corrected chi connectivity index (χ4v) is 3.92. The molecule has 0 aliphatic rings. The van der Waals surface area contributed by atoms with Crippen molar-refractivity contribution in [1.29, 1.82) is 0 Å². The van der Waals surface area contributed by atoms with E-state index in [1.165, 1.54) is 21.6 Å². The number of carbonyl (C=O) groups is 1. The van der Waals surface area contributed by atoms with Crippen molar-refractivity contribution >= 4 is 17.4 Å². The van der Waals surface area contributed by atoms with Crippen LogP contribution in [0, 0.1) is 11.7 Å². The first-order valence-corrected chi connectivity index (χ1v) is 11.2. The van der Waals surface area contributed by atoms with Crippen LogP contribution >= 0.6 is 0 Å². The molecule has 1 aromatic heterocycles. The van der Waals surface area contributed by atoms with Crippen LogP contribution in [0.4, 0.5) is 15.9 Å². The maximum atomic E-state index is 13.3. The molecule has 8 nitrogen and oxygen atoms in total. The van der Waals surface area contributed by atoms with Crippen molar-refractivity contribution in [2.75, 3.05) is 23.7 Å². The predicted octanol–water partition coefficient (Wildman–Crippen LogP) is 2.65. The van der Waals surface area contributed by atoms with Gasteiger partial charge in [0.15, 0.2) is 5.69 Å². The second kappa shape index (κ2) is 10.9. The van der Waals surface area contributed by atoms with Gasteiger partial charge in [0.25, 0.3) is 5.56 Å². The SMILES string of the molecule is CCN(C(=O)CNC(c1ccc(F)cc1)C(C)C)c1c(N)n(Cc2ccccc2)c(=O)[nH]c1=O. The molecule has 2 aromatic carbocycles. The molecule has 0 aliphatic carbocycles. The van der Waals surface area contributed by atoms with Crippen LogP contribution in [0.1, 0.15) is 37.9 Å². The number of benzene rings is 2. The zero-order valence-corrected chi connectivity index (χ0v) is 19.5. The minimum absolute atomic E-state index is 0.0623. The Morgan fingerprint density at radius 3 is 2.35 bits per heavy atom. The van der Waals surface area contributed by atoms with Crippen molar-refractivity contribution in [3.05, 3.63) is 92.4 Å². The van der Waals surface area contributed by atoms with Gasteiger partial charge >= 0.3 is 5.69 Å². The number of hydrogen-bond donors (Lipinski definition) is 3. The smallest absolute Gasteiger partial charge is 0.330 e. The number of likely N-dealkylation sites (N-methyl/N-ethyl adjacent to an activating group) is 1. The van der Waals surface area contributed by atoms with E-state index in [9.17, 15) is 18.8 Å². The van der Waals surface area contributed by atoms with Gasteiger partial charge in [-0.3, -0.25) is 19.1 Å². The summed E-state index contributed by atoms with van der Waals surface area (Å²) in [6.45, 7) is 5.96. The van der Waals surface area contributed by atoms with Crippen LogP contribution in [0.5, 0.6) is 0 Å².